The van der Waals surface area contributed by atoms with Crippen LogP contribution in [0.5, 0.6) is 0 Å². The van der Waals surface area contributed by atoms with Gasteiger partial charge in [-0.15, -0.1) is 22.7 Å². The molecule has 0 aliphatic rings. The highest BCUT2D eigenvalue weighted by atomic mass is 32.1. The highest BCUT2D eigenvalue weighted by molar-refractivity contribution is 7.26. The summed E-state index contributed by atoms with van der Waals surface area (Å²) in [5, 5.41) is 15.6. The zero-order valence-corrected chi connectivity index (χ0v) is 26.3. The third-order valence-electron chi connectivity index (χ3n) is 8.92. The Morgan fingerprint density at radius 2 is 0.978 bits per heavy atom. The quantitative estimate of drug-likeness (QED) is 0.192. The van der Waals surface area contributed by atoms with Crippen molar-refractivity contribution < 1.29 is 0 Å². The molecule has 0 aliphatic carbocycles. The van der Waals surface area contributed by atoms with E-state index in [-0.39, 0.29) is 0 Å². The topological polar surface area (TPSA) is 23.8 Å². The molecule has 9 rings (SSSR count). The van der Waals surface area contributed by atoms with Gasteiger partial charge in [0.2, 0.25) is 0 Å². The van der Waals surface area contributed by atoms with Gasteiger partial charge in [-0.3, -0.25) is 0 Å². The molecule has 0 aliphatic heterocycles. The van der Waals surface area contributed by atoms with Gasteiger partial charge in [-0.1, -0.05) is 109 Å². The summed E-state index contributed by atoms with van der Waals surface area (Å²) in [6.45, 7) is 0. The van der Waals surface area contributed by atoms with Crippen LogP contribution in [-0.2, 0) is 0 Å². The molecule has 2 heterocycles. The lowest BCUT2D eigenvalue weighted by molar-refractivity contribution is 1.47. The van der Waals surface area contributed by atoms with Crippen molar-refractivity contribution in [2.24, 2.45) is 0 Å². The highest BCUT2D eigenvalue weighted by Crippen LogP contribution is 2.43. The Morgan fingerprint density at radius 1 is 0.370 bits per heavy atom. The third kappa shape index (κ3) is 4.43. The van der Waals surface area contributed by atoms with Crippen molar-refractivity contribution in [3.8, 4) is 50.6 Å². The molecule has 3 heteroatoms. The zero-order valence-electron chi connectivity index (χ0n) is 24.7. The standard InChI is InChI=1S/C43H25NS2/c44-26-33-21-28(27-9-2-1-3-10-27)17-19-34(33)31-22-30(29-18-20-38-36-11-4-6-15-40(36)45-42(38)25-29)23-32(24-31)35-13-8-14-39-37-12-5-7-16-41(37)46-43(35)39/h1-25H. The van der Waals surface area contributed by atoms with Gasteiger partial charge in [-0.25, -0.2) is 0 Å². The minimum absolute atomic E-state index is 0.671. The maximum Gasteiger partial charge on any atom is 0.0998 e. The van der Waals surface area contributed by atoms with Crippen molar-refractivity contribution in [1.29, 1.82) is 5.26 Å². The van der Waals surface area contributed by atoms with Crippen LogP contribution in [0, 0.1) is 11.3 Å². The molecule has 0 N–H and O–H groups in total. The van der Waals surface area contributed by atoms with Crippen LogP contribution in [0.3, 0.4) is 0 Å². The Kier molecular flexibility index (Phi) is 6.31. The number of rotatable bonds is 4. The predicted octanol–water partition coefficient (Wildman–Crippen LogP) is 13.0. The summed E-state index contributed by atoms with van der Waals surface area (Å²) in [5.41, 5.74) is 9.47. The van der Waals surface area contributed by atoms with Gasteiger partial charge in [0.1, 0.15) is 0 Å². The molecule has 1 nitrogen and oxygen atoms in total. The minimum atomic E-state index is 0.671. The summed E-state index contributed by atoms with van der Waals surface area (Å²) in [6, 6.07) is 56.6. The molecule has 0 saturated carbocycles. The number of fused-ring (bicyclic) bond motifs is 6. The lowest BCUT2D eigenvalue weighted by Gasteiger charge is -2.14. The van der Waals surface area contributed by atoms with Crippen molar-refractivity contribution in [3.05, 3.63) is 157 Å². The lowest BCUT2D eigenvalue weighted by Crippen LogP contribution is -1.90. The number of hydrogen-bond donors (Lipinski definition) is 0. The van der Waals surface area contributed by atoms with Crippen molar-refractivity contribution in [3.63, 3.8) is 0 Å². The average molecular weight is 620 g/mol. The molecule has 0 radical (unpaired) electrons. The number of nitriles is 1. The summed E-state index contributed by atoms with van der Waals surface area (Å²) >= 11 is 3.69. The van der Waals surface area contributed by atoms with Crippen LogP contribution in [-0.4, -0.2) is 0 Å². The number of nitrogens with zero attached hydrogens (tertiary/aromatic N) is 1. The molecule has 7 aromatic carbocycles. The Bertz CT molecular complexity index is 2650. The summed E-state index contributed by atoms with van der Waals surface area (Å²) < 4.78 is 5.16. The van der Waals surface area contributed by atoms with Crippen LogP contribution in [0.1, 0.15) is 5.56 Å². The van der Waals surface area contributed by atoms with Crippen LogP contribution in [0.15, 0.2) is 152 Å². The van der Waals surface area contributed by atoms with Gasteiger partial charge < -0.3 is 0 Å². The van der Waals surface area contributed by atoms with Crippen molar-refractivity contribution in [2.45, 2.75) is 0 Å². The maximum absolute atomic E-state index is 10.4. The van der Waals surface area contributed by atoms with Crippen molar-refractivity contribution in [2.75, 3.05) is 0 Å². The lowest BCUT2D eigenvalue weighted by atomic mass is 9.90. The Hall–Kier alpha value is -5.53. The van der Waals surface area contributed by atoms with E-state index in [0.29, 0.717) is 5.56 Å². The van der Waals surface area contributed by atoms with E-state index < -0.39 is 0 Å². The molecule has 0 atom stereocenters. The van der Waals surface area contributed by atoms with Crippen molar-refractivity contribution in [1.82, 2.24) is 0 Å². The zero-order chi connectivity index (χ0) is 30.6. The molecule has 214 valence electrons. The SMILES string of the molecule is N#Cc1cc(-c2ccccc2)ccc1-c1cc(-c2ccc3c(c2)sc2ccccc23)cc(-c2cccc3c2sc2ccccc23)c1. The van der Waals surface area contributed by atoms with E-state index in [4.69, 9.17) is 0 Å². The van der Waals surface area contributed by atoms with Gasteiger partial charge in [0.15, 0.2) is 0 Å². The largest absolute Gasteiger partial charge is 0.192 e. The maximum atomic E-state index is 10.4. The first-order valence-corrected chi connectivity index (χ1v) is 16.9. The van der Waals surface area contributed by atoms with E-state index in [0.717, 1.165) is 33.4 Å². The van der Waals surface area contributed by atoms with Crippen LogP contribution in [0.25, 0.3) is 84.9 Å². The summed E-state index contributed by atoms with van der Waals surface area (Å²) in [4.78, 5) is 0. The second-order valence-corrected chi connectivity index (χ2v) is 13.8. The second-order valence-electron chi connectivity index (χ2n) is 11.6. The molecule has 46 heavy (non-hydrogen) atoms. The normalized spacial score (nSPS) is 11.5. The molecule has 0 saturated heterocycles. The Morgan fingerprint density at radius 3 is 1.78 bits per heavy atom. The first-order chi connectivity index (χ1) is 22.7. The molecule has 0 spiro atoms. The number of hydrogen-bond acceptors (Lipinski definition) is 3. The molecule has 2 aromatic heterocycles. The first-order valence-electron chi connectivity index (χ1n) is 15.3. The second kappa shape index (κ2) is 10.8. The fourth-order valence-electron chi connectivity index (χ4n) is 6.68. The van der Waals surface area contributed by atoms with Gasteiger partial charge >= 0.3 is 0 Å². The third-order valence-corrected chi connectivity index (χ3v) is 11.3. The number of thiophene rings is 2. The number of benzene rings is 7. The fraction of sp³-hybridized carbons (Fsp3) is 0. The van der Waals surface area contributed by atoms with Crippen molar-refractivity contribution >= 4 is 63.0 Å². The van der Waals surface area contributed by atoms with Gasteiger partial charge in [0.25, 0.3) is 0 Å². The van der Waals surface area contributed by atoms with E-state index in [1.54, 1.807) is 0 Å². The summed E-state index contributed by atoms with van der Waals surface area (Å²) in [5.74, 6) is 0. The van der Waals surface area contributed by atoms with Crippen LogP contribution >= 0.6 is 22.7 Å². The van der Waals surface area contributed by atoms with E-state index in [1.807, 2.05) is 46.9 Å². The van der Waals surface area contributed by atoms with Gasteiger partial charge in [-0.05, 0) is 87.0 Å². The molecular weight excluding hydrogens is 595 g/mol. The van der Waals surface area contributed by atoms with E-state index in [9.17, 15) is 5.26 Å². The Labute approximate surface area is 274 Å². The van der Waals surface area contributed by atoms with E-state index in [2.05, 4.69) is 133 Å². The van der Waals surface area contributed by atoms with Gasteiger partial charge in [0, 0.05) is 40.3 Å². The monoisotopic (exact) mass is 619 g/mol. The molecule has 0 unspecified atom stereocenters. The van der Waals surface area contributed by atoms with Gasteiger partial charge in [0.05, 0.1) is 11.6 Å². The van der Waals surface area contributed by atoms with E-state index >= 15 is 0 Å². The smallest absolute Gasteiger partial charge is 0.0998 e. The Balaban J connectivity index is 1.28. The first kappa shape index (κ1) is 26.8. The highest BCUT2D eigenvalue weighted by Gasteiger charge is 2.16. The van der Waals surface area contributed by atoms with Crippen LogP contribution < -0.4 is 0 Å². The van der Waals surface area contributed by atoms with Crippen LogP contribution in [0.2, 0.25) is 0 Å². The molecular formula is C43H25NS2. The molecule has 0 bridgehead atoms. The van der Waals surface area contributed by atoms with Crippen LogP contribution in [0.4, 0.5) is 0 Å². The summed E-state index contributed by atoms with van der Waals surface area (Å²) in [7, 11) is 0. The van der Waals surface area contributed by atoms with E-state index in [1.165, 1.54) is 51.5 Å². The van der Waals surface area contributed by atoms with Gasteiger partial charge in [-0.2, -0.15) is 5.26 Å². The minimum Gasteiger partial charge on any atom is -0.192 e. The molecule has 0 fully saturated rings. The molecule has 9 aromatic rings. The average Bonchev–Trinajstić information content (AvgIpc) is 3.69. The molecule has 0 amide bonds. The summed E-state index contributed by atoms with van der Waals surface area (Å²) in [6.07, 6.45) is 0. The fourth-order valence-corrected chi connectivity index (χ4v) is 9.07. The predicted molar refractivity (Wildman–Crippen MR) is 199 cm³/mol.